The highest BCUT2D eigenvalue weighted by molar-refractivity contribution is 6.33. The van der Waals surface area contributed by atoms with Gasteiger partial charge in [-0.1, -0.05) is 18.5 Å². The highest BCUT2D eigenvalue weighted by atomic mass is 35.5. The summed E-state index contributed by atoms with van der Waals surface area (Å²) >= 11 is 5.82. The number of halogens is 2. The summed E-state index contributed by atoms with van der Waals surface area (Å²) in [5, 5.41) is 3.14. The molecule has 0 bridgehead atoms. The average molecular weight is 246 g/mol. The number of hydrogen-bond acceptors (Lipinski definition) is 3. The molecule has 0 amide bonds. The number of carbonyl (C=O) groups is 1. The van der Waals surface area contributed by atoms with E-state index in [2.05, 4.69) is 10.1 Å². The number of nitrogens with one attached hydrogen (secondary N) is 1. The van der Waals surface area contributed by atoms with Crippen LogP contribution in [-0.4, -0.2) is 19.1 Å². The Morgan fingerprint density at radius 1 is 1.62 bits per heavy atom. The molecule has 0 radical (unpaired) electrons. The molecule has 1 unspecified atom stereocenters. The summed E-state index contributed by atoms with van der Waals surface area (Å²) in [6.07, 6.45) is 0.556. The summed E-state index contributed by atoms with van der Waals surface area (Å²) in [7, 11) is 1.32. The van der Waals surface area contributed by atoms with Gasteiger partial charge in [0, 0.05) is 0 Å². The summed E-state index contributed by atoms with van der Waals surface area (Å²) in [6, 6.07) is 3.47. The topological polar surface area (TPSA) is 38.3 Å². The fourth-order valence-corrected chi connectivity index (χ4v) is 1.49. The second kappa shape index (κ2) is 5.70. The lowest BCUT2D eigenvalue weighted by atomic mass is 10.2. The molecule has 0 spiro atoms. The van der Waals surface area contributed by atoms with Crippen LogP contribution in [0.4, 0.5) is 10.1 Å². The molecule has 0 saturated carbocycles. The quantitative estimate of drug-likeness (QED) is 0.829. The van der Waals surface area contributed by atoms with Crippen LogP contribution in [0.25, 0.3) is 0 Å². The maximum Gasteiger partial charge on any atom is 0.328 e. The Kier molecular flexibility index (Phi) is 4.55. The monoisotopic (exact) mass is 245 g/mol. The predicted octanol–water partition coefficient (Wildman–Crippen LogP) is 2.84. The molecule has 1 aromatic carbocycles. The number of esters is 1. The lowest BCUT2D eigenvalue weighted by Gasteiger charge is -2.16. The Morgan fingerprint density at radius 2 is 2.31 bits per heavy atom. The third-order valence-corrected chi connectivity index (χ3v) is 2.47. The number of anilines is 1. The standard InChI is InChI=1S/C11H13ClFNO2/c1-3-9(11(15)16-2)14-10-5-4-7(13)6-8(10)12/h4-6,9,14H,3H2,1-2H3. The van der Waals surface area contributed by atoms with Crippen molar-refractivity contribution in [2.24, 2.45) is 0 Å². The van der Waals surface area contributed by atoms with Gasteiger partial charge in [-0.3, -0.25) is 0 Å². The van der Waals surface area contributed by atoms with Crippen molar-refractivity contribution in [1.29, 1.82) is 0 Å². The maximum atomic E-state index is 12.8. The van der Waals surface area contributed by atoms with Crippen molar-refractivity contribution in [3.63, 3.8) is 0 Å². The van der Waals surface area contributed by atoms with Gasteiger partial charge in [-0.05, 0) is 24.6 Å². The lowest BCUT2D eigenvalue weighted by Crippen LogP contribution is -2.29. The lowest BCUT2D eigenvalue weighted by molar-refractivity contribution is -0.141. The SMILES string of the molecule is CCC(Nc1ccc(F)cc1Cl)C(=O)OC. The zero-order valence-corrected chi connectivity index (χ0v) is 9.84. The molecule has 0 aromatic heterocycles. The minimum atomic E-state index is -0.479. The first-order chi connectivity index (χ1) is 7.58. The summed E-state index contributed by atoms with van der Waals surface area (Å²) < 4.78 is 17.4. The number of methoxy groups -OCH3 is 1. The van der Waals surface area contributed by atoms with Crippen LogP contribution in [0.5, 0.6) is 0 Å². The van der Waals surface area contributed by atoms with Crippen LogP contribution in [-0.2, 0) is 9.53 Å². The predicted molar refractivity (Wildman–Crippen MR) is 61.1 cm³/mol. The Morgan fingerprint density at radius 3 is 2.81 bits per heavy atom. The fraction of sp³-hybridized carbons (Fsp3) is 0.364. The molecular weight excluding hydrogens is 233 g/mol. The van der Waals surface area contributed by atoms with E-state index in [1.54, 1.807) is 0 Å². The maximum absolute atomic E-state index is 12.8. The van der Waals surface area contributed by atoms with Crippen LogP contribution in [0.15, 0.2) is 18.2 Å². The molecule has 1 rings (SSSR count). The van der Waals surface area contributed by atoms with Gasteiger partial charge < -0.3 is 10.1 Å². The normalized spacial score (nSPS) is 12.0. The van der Waals surface area contributed by atoms with Crippen molar-refractivity contribution in [3.05, 3.63) is 29.0 Å². The van der Waals surface area contributed by atoms with Crippen molar-refractivity contribution in [2.45, 2.75) is 19.4 Å². The minimum absolute atomic E-state index is 0.238. The number of ether oxygens (including phenoxy) is 1. The van der Waals surface area contributed by atoms with E-state index in [0.717, 1.165) is 0 Å². The number of carbonyl (C=O) groups excluding carboxylic acids is 1. The van der Waals surface area contributed by atoms with Crippen molar-refractivity contribution in [2.75, 3.05) is 12.4 Å². The van der Waals surface area contributed by atoms with Crippen molar-refractivity contribution < 1.29 is 13.9 Å². The number of hydrogen-bond donors (Lipinski definition) is 1. The third-order valence-electron chi connectivity index (χ3n) is 2.15. The van der Waals surface area contributed by atoms with Crippen LogP contribution in [0.2, 0.25) is 5.02 Å². The van der Waals surface area contributed by atoms with E-state index in [-0.39, 0.29) is 11.0 Å². The summed E-state index contributed by atoms with van der Waals surface area (Å²) in [4.78, 5) is 11.3. The minimum Gasteiger partial charge on any atom is -0.467 e. The van der Waals surface area contributed by atoms with Gasteiger partial charge in [-0.15, -0.1) is 0 Å². The highest BCUT2D eigenvalue weighted by Crippen LogP contribution is 2.23. The molecule has 88 valence electrons. The van der Waals surface area contributed by atoms with E-state index >= 15 is 0 Å². The van der Waals surface area contributed by atoms with Gasteiger partial charge in [0.25, 0.3) is 0 Å². The van der Waals surface area contributed by atoms with Gasteiger partial charge in [-0.25, -0.2) is 9.18 Å². The second-order valence-electron chi connectivity index (χ2n) is 3.25. The molecule has 0 fully saturated rings. The van der Waals surface area contributed by atoms with Crippen LogP contribution < -0.4 is 5.32 Å². The Labute approximate surface area is 98.5 Å². The van der Waals surface area contributed by atoms with E-state index in [0.29, 0.717) is 12.1 Å². The van der Waals surface area contributed by atoms with Crippen LogP contribution >= 0.6 is 11.6 Å². The molecule has 1 aromatic rings. The molecule has 16 heavy (non-hydrogen) atoms. The molecule has 0 saturated heterocycles. The first kappa shape index (κ1) is 12.8. The van der Waals surface area contributed by atoms with Crippen LogP contribution in [0.1, 0.15) is 13.3 Å². The van der Waals surface area contributed by atoms with Gasteiger partial charge in [0.2, 0.25) is 0 Å². The molecule has 5 heteroatoms. The first-order valence-electron chi connectivity index (χ1n) is 4.88. The van der Waals surface area contributed by atoms with E-state index in [1.807, 2.05) is 6.92 Å². The zero-order valence-electron chi connectivity index (χ0n) is 9.09. The Hall–Kier alpha value is -1.29. The van der Waals surface area contributed by atoms with Gasteiger partial charge in [-0.2, -0.15) is 0 Å². The fourth-order valence-electron chi connectivity index (χ4n) is 1.26. The van der Waals surface area contributed by atoms with E-state index < -0.39 is 11.9 Å². The molecular formula is C11H13ClFNO2. The molecule has 0 aliphatic carbocycles. The van der Waals surface area contributed by atoms with Gasteiger partial charge in [0.05, 0.1) is 17.8 Å². The first-order valence-corrected chi connectivity index (χ1v) is 5.25. The average Bonchev–Trinajstić information content (AvgIpc) is 2.27. The molecule has 0 heterocycles. The van der Waals surface area contributed by atoms with Crippen molar-refractivity contribution >= 4 is 23.3 Å². The van der Waals surface area contributed by atoms with Gasteiger partial charge in [0.1, 0.15) is 11.9 Å². The van der Waals surface area contributed by atoms with E-state index in [4.69, 9.17) is 11.6 Å². The summed E-state index contributed by atoms with van der Waals surface area (Å²) in [6.45, 7) is 1.84. The summed E-state index contributed by atoms with van der Waals surface area (Å²) in [5.74, 6) is -0.787. The molecule has 1 atom stereocenters. The van der Waals surface area contributed by atoms with Crippen molar-refractivity contribution in [1.82, 2.24) is 0 Å². The Balaban J connectivity index is 2.82. The molecule has 1 N–H and O–H groups in total. The Bertz CT molecular complexity index is 384. The smallest absolute Gasteiger partial charge is 0.328 e. The number of rotatable bonds is 4. The molecule has 3 nitrogen and oxygen atoms in total. The van der Waals surface area contributed by atoms with Gasteiger partial charge >= 0.3 is 5.97 Å². The summed E-state index contributed by atoms with van der Waals surface area (Å²) in [5.41, 5.74) is 0.514. The van der Waals surface area contributed by atoms with Gasteiger partial charge in [0.15, 0.2) is 0 Å². The molecule has 0 aliphatic heterocycles. The van der Waals surface area contributed by atoms with E-state index in [9.17, 15) is 9.18 Å². The van der Waals surface area contributed by atoms with E-state index in [1.165, 1.54) is 25.3 Å². The zero-order chi connectivity index (χ0) is 12.1. The van der Waals surface area contributed by atoms with Crippen molar-refractivity contribution in [3.8, 4) is 0 Å². The third kappa shape index (κ3) is 3.10. The largest absolute Gasteiger partial charge is 0.467 e. The second-order valence-corrected chi connectivity index (χ2v) is 3.66. The molecule has 0 aliphatic rings. The van der Waals surface area contributed by atoms with Crippen LogP contribution in [0.3, 0.4) is 0 Å². The number of benzene rings is 1. The highest BCUT2D eigenvalue weighted by Gasteiger charge is 2.17. The van der Waals surface area contributed by atoms with Crippen LogP contribution in [0, 0.1) is 5.82 Å².